The Bertz CT molecular complexity index is 620. The minimum absolute atomic E-state index is 0.370. The van der Waals surface area contributed by atoms with Gasteiger partial charge in [-0.05, 0) is 30.7 Å². The second kappa shape index (κ2) is 6.42. The zero-order valence-corrected chi connectivity index (χ0v) is 11.2. The maximum absolute atomic E-state index is 11.6. The summed E-state index contributed by atoms with van der Waals surface area (Å²) >= 11 is 0. The Morgan fingerprint density at radius 1 is 1.40 bits per heavy atom. The zero-order chi connectivity index (χ0) is 14.4. The van der Waals surface area contributed by atoms with Crippen molar-refractivity contribution in [1.82, 2.24) is 10.5 Å². The van der Waals surface area contributed by atoms with Crippen LogP contribution in [-0.4, -0.2) is 18.3 Å². The molecule has 0 aliphatic heterocycles. The van der Waals surface area contributed by atoms with Crippen LogP contribution in [0.4, 0.5) is 10.6 Å². The summed E-state index contributed by atoms with van der Waals surface area (Å²) in [5.41, 5.74) is 0.918. The van der Waals surface area contributed by atoms with Gasteiger partial charge in [0.1, 0.15) is 11.5 Å². The number of hydrogen-bond acceptors (Lipinski definition) is 4. The molecule has 1 aromatic heterocycles. The third-order valence-electron chi connectivity index (χ3n) is 2.45. The highest BCUT2D eigenvalue weighted by Gasteiger charge is 2.03. The van der Waals surface area contributed by atoms with Crippen molar-refractivity contribution in [3.63, 3.8) is 0 Å². The number of ether oxygens (including phenoxy) is 1. The van der Waals surface area contributed by atoms with Gasteiger partial charge in [0.15, 0.2) is 5.82 Å². The third kappa shape index (κ3) is 3.88. The highest BCUT2D eigenvalue weighted by molar-refractivity contribution is 5.89. The number of methoxy groups -OCH3 is 1. The Balaban J connectivity index is 1.87. The summed E-state index contributed by atoms with van der Waals surface area (Å²) in [6.45, 7) is 1.75. The summed E-state index contributed by atoms with van der Waals surface area (Å²) in [6.07, 6.45) is 3.30. The molecule has 0 unspecified atom stereocenters. The van der Waals surface area contributed by atoms with E-state index in [4.69, 9.17) is 9.26 Å². The summed E-state index contributed by atoms with van der Waals surface area (Å²) in [7, 11) is 1.61. The van der Waals surface area contributed by atoms with Crippen LogP contribution in [0.1, 0.15) is 11.3 Å². The van der Waals surface area contributed by atoms with Crippen molar-refractivity contribution in [1.29, 1.82) is 0 Å². The SMILES string of the molecule is COc1cccc(/C=C/NC(=O)Nc2cc(C)on2)c1. The summed E-state index contributed by atoms with van der Waals surface area (Å²) in [5, 5.41) is 8.77. The van der Waals surface area contributed by atoms with Gasteiger partial charge in [0.05, 0.1) is 7.11 Å². The van der Waals surface area contributed by atoms with E-state index in [0.29, 0.717) is 11.6 Å². The van der Waals surface area contributed by atoms with E-state index < -0.39 is 6.03 Å². The van der Waals surface area contributed by atoms with Gasteiger partial charge >= 0.3 is 6.03 Å². The van der Waals surface area contributed by atoms with Gasteiger partial charge in [0.2, 0.25) is 0 Å². The van der Waals surface area contributed by atoms with Gasteiger partial charge in [-0.1, -0.05) is 17.3 Å². The van der Waals surface area contributed by atoms with Crippen LogP contribution in [0.3, 0.4) is 0 Å². The Labute approximate surface area is 116 Å². The van der Waals surface area contributed by atoms with Crippen LogP contribution in [0.25, 0.3) is 6.08 Å². The minimum atomic E-state index is -0.391. The molecule has 2 rings (SSSR count). The first-order valence-corrected chi connectivity index (χ1v) is 5.99. The Morgan fingerprint density at radius 3 is 2.95 bits per heavy atom. The quantitative estimate of drug-likeness (QED) is 0.898. The number of rotatable bonds is 4. The lowest BCUT2D eigenvalue weighted by Gasteiger charge is -2.01. The summed E-state index contributed by atoms with van der Waals surface area (Å²) in [4.78, 5) is 11.6. The van der Waals surface area contributed by atoms with Crippen molar-refractivity contribution in [2.45, 2.75) is 6.92 Å². The molecule has 2 amide bonds. The highest BCUT2D eigenvalue weighted by atomic mass is 16.5. The third-order valence-corrected chi connectivity index (χ3v) is 2.45. The number of nitrogens with zero attached hydrogens (tertiary/aromatic N) is 1. The van der Waals surface area contributed by atoms with Crippen molar-refractivity contribution in [2.75, 3.05) is 12.4 Å². The summed E-state index contributed by atoms with van der Waals surface area (Å²) < 4.78 is 9.95. The van der Waals surface area contributed by atoms with Gasteiger partial charge in [0.25, 0.3) is 0 Å². The molecule has 1 heterocycles. The zero-order valence-electron chi connectivity index (χ0n) is 11.2. The monoisotopic (exact) mass is 273 g/mol. The number of carbonyl (C=O) groups excluding carboxylic acids is 1. The molecular weight excluding hydrogens is 258 g/mol. The lowest BCUT2D eigenvalue weighted by molar-refractivity contribution is 0.255. The molecule has 1 aromatic carbocycles. The van der Waals surface area contributed by atoms with E-state index in [1.807, 2.05) is 24.3 Å². The first-order chi connectivity index (χ1) is 9.67. The van der Waals surface area contributed by atoms with Crippen molar-refractivity contribution in [3.8, 4) is 5.75 Å². The molecule has 0 radical (unpaired) electrons. The van der Waals surface area contributed by atoms with E-state index in [1.54, 1.807) is 26.2 Å². The minimum Gasteiger partial charge on any atom is -0.497 e. The molecule has 6 nitrogen and oxygen atoms in total. The second-order valence-corrected chi connectivity index (χ2v) is 4.03. The number of carbonyl (C=O) groups is 1. The van der Waals surface area contributed by atoms with Gasteiger partial charge < -0.3 is 14.6 Å². The van der Waals surface area contributed by atoms with Gasteiger partial charge in [-0.2, -0.15) is 0 Å². The molecule has 0 aliphatic rings. The maximum atomic E-state index is 11.6. The molecule has 0 bridgehead atoms. The number of benzene rings is 1. The Kier molecular flexibility index (Phi) is 4.39. The molecule has 0 saturated carbocycles. The average Bonchev–Trinajstić information content (AvgIpc) is 2.84. The number of urea groups is 1. The van der Waals surface area contributed by atoms with Gasteiger partial charge in [-0.25, -0.2) is 4.79 Å². The molecule has 0 saturated heterocycles. The van der Waals surface area contributed by atoms with Crippen LogP contribution < -0.4 is 15.4 Å². The van der Waals surface area contributed by atoms with E-state index >= 15 is 0 Å². The van der Waals surface area contributed by atoms with Crippen LogP contribution in [0, 0.1) is 6.92 Å². The van der Waals surface area contributed by atoms with Crippen molar-refractivity contribution in [3.05, 3.63) is 47.9 Å². The van der Waals surface area contributed by atoms with Crippen LogP contribution in [0.2, 0.25) is 0 Å². The lowest BCUT2D eigenvalue weighted by Crippen LogP contribution is -2.23. The number of aryl methyl sites for hydroxylation is 1. The predicted octanol–water partition coefficient (Wildman–Crippen LogP) is 2.78. The van der Waals surface area contributed by atoms with Crippen LogP contribution in [0.5, 0.6) is 5.75 Å². The number of amides is 2. The van der Waals surface area contributed by atoms with Crippen molar-refractivity contribution >= 4 is 17.9 Å². The van der Waals surface area contributed by atoms with Crippen LogP contribution >= 0.6 is 0 Å². The normalized spacial score (nSPS) is 10.5. The molecule has 20 heavy (non-hydrogen) atoms. The van der Waals surface area contributed by atoms with E-state index in [-0.39, 0.29) is 0 Å². The fourth-order valence-electron chi connectivity index (χ4n) is 1.54. The molecule has 2 aromatic rings. The molecule has 0 atom stereocenters. The van der Waals surface area contributed by atoms with E-state index in [2.05, 4.69) is 15.8 Å². The average molecular weight is 273 g/mol. The van der Waals surface area contributed by atoms with Gasteiger partial charge in [-0.3, -0.25) is 5.32 Å². The lowest BCUT2D eigenvalue weighted by atomic mass is 10.2. The Hall–Kier alpha value is -2.76. The molecule has 104 valence electrons. The summed E-state index contributed by atoms with van der Waals surface area (Å²) in [6, 6.07) is 8.72. The fraction of sp³-hybridized carbons (Fsp3) is 0.143. The first kappa shape index (κ1) is 13.7. The van der Waals surface area contributed by atoms with E-state index in [9.17, 15) is 4.79 Å². The first-order valence-electron chi connectivity index (χ1n) is 5.99. The fourth-order valence-corrected chi connectivity index (χ4v) is 1.54. The van der Waals surface area contributed by atoms with E-state index in [1.165, 1.54) is 6.20 Å². The van der Waals surface area contributed by atoms with Crippen LogP contribution in [0.15, 0.2) is 41.1 Å². The summed E-state index contributed by atoms with van der Waals surface area (Å²) in [5.74, 6) is 1.76. The predicted molar refractivity (Wildman–Crippen MR) is 75.4 cm³/mol. The smallest absolute Gasteiger partial charge is 0.324 e. The topological polar surface area (TPSA) is 76.4 Å². The molecular formula is C14H15N3O3. The molecule has 2 N–H and O–H groups in total. The molecule has 0 aliphatic carbocycles. The standard InChI is InChI=1S/C14H15N3O3/c1-10-8-13(17-20-10)16-14(18)15-7-6-11-4-3-5-12(9-11)19-2/h3-9H,1-2H3,(H2,15,16,17,18)/b7-6+. The number of hydrogen-bond donors (Lipinski definition) is 2. The van der Waals surface area contributed by atoms with Crippen molar-refractivity contribution in [2.24, 2.45) is 0 Å². The highest BCUT2D eigenvalue weighted by Crippen LogP contribution is 2.13. The van der Waals surface area contributed by atoms with E-state index in [0.717, 1.165) is 11.3 Å². The van der Waals surface area contributed by atoms with Gasteiger partial charge in [-0.15, -0.1) is 0 Å². The largest absolute Gasteiger partial charge is 0.497 e. The van der Waals surface area contributed by atoms with Crippen LogP contribution in [-0.2, 0) is 0 Å². The van der Waals surface area contributed by atoms with Crippen molar-refractivity contribution < 1.29 is 14.1 Å². The number of nitrogens with one attached hydrogen (secondary N) is 2. The molecule has 6 heteroatoms. The Morgan fingerprint density at radius 2 is 2.25 bits per heavy atom. The number of aromatic nitrogens is 1. The van der Waals surface area contributed by atoms with Gasteiger partial charge in [0, 0.05) is 12.3 Å². The molecule has 0 spiro atoms. The maximum Gasteiger partial charge on any atom is 0.324 e. The number of anilines is 1. The second-order valence-electron chi connectivity index (χ2n) is 4.03. The molecule has 0 fully saturated rings.